The molecule has 2 N–H and O–H groups in total. The second-order valence-corrected chi connectivity index (χ2v) is 4.95. The lowest BCUT2D eigenvalue weighted by molar-refractivity contribution is -0.0266. The fourth-order valence-corrected chi connectivity index (χ4v) is 2.85. The molecule has 0 bridgehead atoms. The Kier molecular flexibility index (Phi) is 3.50. The topological polar surface area (TPSA) is 35.2 Å². The molecule has 0 aromatic heterocycles. The maximum atomic E-state index is 13.3. The van der Waals surface area contributed by atoms with Gasteiger partial charge in [-0.05, 0) is 43.0 Å². The highest BCUT2D eigenvalue weighted by molar-refractivity contribution is 5.31. The SMILES string of the molecule is COC1(C(N)c2cc(F)ccc2C)CCCC1. The van der Waals surface area contributed by atoms with Crippen LogP contribution in [0.5, 0.6) is 0 Å². The molecular weight excluding hydrogens is 217 g/mol. The summed E-state index contributed by atoms with van der Waals surface area (Å²) in [7, 11) is 1.71. The number of rotatable bonds is 3. The third-order valence-corrected chi connectivity index (χ3v) is 4.00. The molecule has 1 aliphatic carbocycles. The number of halogens is 1. The van der Waals surface area contributed by atoms with Crippen LogP contribution in [0.2, 0.25) is 0 Å². The molecule has 1 unspecified atom stereocenters. The quantitative estimate of drug-likeness (QED) is 0.876. The Hall–Kier alpha value is -0.930. The molecule has 2 rings (SSSR count). The van der Waals surface area contributed by atoms with Crippen LogP contribution in [0.3, 0.4) is 0 Å². The zero-order valence-electron chi connectivity index (χ0n) is 10.5. The third-order valence-electron chi connectivity index (χ3n) is 4.00. The fourth-order valence-electron chi connectivity index (χ4n) is 2.85. The molecule has 2 nitrogen and oxygen atoms in total. The Morgan fingerprint density at radius 1 is 1.35 bits per heavy atom. The summed E-state index contributed by atoms with van der Waals surface area (Å²) in [6.07, 6.45) is 4.19. The predicted molar refractivity (Wildman–Crippen MR) is 66.3 cm³/mol. The van der Waals surface area contributed by atoms with Crippen LogP contribution in [-0.2, 0) is 4.74 Å². The monoisotopic (exact) mass is 237 g/mol. The average molecular weight is 237 g/mol. The minimum absolute atomic E-state index is 0.231. The van der Waals surface area contributed by atoms with Crippen molar-refractivity contribution in [3.63, 3.8) is 0 Å². The number of nitrogens with two attached hydrogens (primary N) is 1. The molecule has 0 amide bonds. The standard InChI is InChI=1S/C14H20FNO/c1-10-5-6-11(15)9-12(10)13(16)14(17-2)7-3-4-8-14/h5-6,9,13H,3-4,7-8,16H2,1-2H3. The summed E-state index contributed by atoms with van der Waals surface area (Å²) in [6.45, 7) is 1.97. The molecule has 1 atom stereocenters. The zero-order valence-corrected chi connectivity index (χ0v) is 10.5. The van der Waals surface area contributed by atoms with E-state index in [4.69, 9.17) is 10.5 Å². The minimum atomic E-state index is -0.307. The molecule has 0 spiro atoms. The van der Waals surface area contributed by atoms with E-state index in [1.165, 1.54) is 6.07 Å². The van der Waals surface area contributed by atoms with E-state index in [0.717, 1.165) is 36.8 Å². The van der Waals surface area contributed by atoms with Crippen molar-refractivity contribution in [2.75, 3.05) is 7.11 Å². The van der Waals surface area contributed by atoms with E-state index in [1.54, 1.807) is 19.2 Å². The molecule has 0 aliphatic heterocycles. The largest absolute Gasteiger partial charge is 0.376 e. The maximum Gasteiger partial charge on any atom is 0.123 e. The van der Waals surface area contributed by atoms with Gasteiger partial charge in [0.05, 0.1) is 11.6 Å². The van der Waals surface area contributed by atoms with Crippen LogP contribution in [0.4, 0.5) is 4.39 Å². The van der Waals surface area contributed by atoms with Gasteiger partial charge in [0, 0.05) is 7.11 Å². The number of methoxy groups -OCH3 is 1. The van der Waals surface area contributed by atoms with Gasteiger partial charge in [-0.1, -0.05) is 18.9 Å². The number of aryl methyl sites for hydroxylation is 1. The van der Waals surface area contributed by atoms with Crippen LogP contribution in [0, 0.1) is 12.7 Å². The van der Waals surface area contributed by atoms with Gasteiger partial charge in [-0.2, -0.15) is 0 Å². The van der Waals surface area contributed by atoms with Crippen LogP contribution < -0.4 is 5.73 Å². The number of hydrogen-bond acceptors (Lipinski definition) is 2. The Morgan fingerprint density at radius 2 is 2.00 bits per heavy atom. The van der Waals surface area contributed by atoms with Crippen molar-refractivity contribution in [3.8, 4) is 0 Å². The fraction of sp³-hybridized carbons (Fsp3) is 0.571. The van der Waals surface area contributed by atoms with Crippen LogP contribution in [0.15, 0.2) is 18.2 Å². The van der Waals surface area contributed by atoms with Gasteiger partial charge in [-0.25, -0.2) is 4.39 Å². The van der Waals surface area contributed by atoms with Gasteiger partial charge in [-0.15, -0.1) is 0 Å². The van der Waals surface area contributed by atoms with Crippen molar-refractivity contribution < 1.29 is 9.13 Å². The summed E-state index contributed by atoms with van der Waals surface area (Å²) in [5, 5.41) is 0. The van der Waals surface area contributed by atoms with E-state index in [2.05, 4.69) is 0 Å². The van der Waals surface area contributed by atoms with Crippen molar-refractivity contribution in [1.29, 1.82) is 0 Å². The summed E-state index contributed by atoms with van der Waals surface area (Å²) in [5.41, 5.74) is 7.92. The van der Waals surface area contributed by atoms with Gasteiger partial charge in [0.1, 0.15) is 5.82 Å². The molecule has 1 saturated carbocycles. The number of benzene rings is 1. The van der Waals surface area contributed by atoms with Gasteiger partial charge in [0.25, 0.3) is 0 Å². The van der Waals surface area contributed by atoms with E-state index >= 15 is 0 Å². The summed E-state index contributed by atoms with van der Waals surface area (Å²) in [6, 6.07) is 4.55. The van der Waals surface area contributed by atoms with E-state index in [1.807, 2.05) is 6.92 Å². The molecule has 0 saturated heterocycles. The second kappa shape index (κ2) is 4.75. The molecule has 1 aromatic carbocycles. The first-order chi connectivity index (χ1) is 8.09. The zero-order chi connectivity index (χ0) is 12.5. The van der Waals surface area contributed by atoms with Crippen LogP contribution >= 0.6 is 0 Å². The summed E-state index contributed by atoms with van der Waals surface area (Å²) < 4.78 is 19.0. The van der Waals surface area contributed by atoms with Gasteiger partial charge in [-0.3, -0.25) is 0 Å². The molecule has 1 aliphatic rings. The highest BCUT2D eigenvalue weighted by atomic mass is 19.1. The Labute approximate surface area is 102 Å². The first kappa shape index (κ1) is 12.5. The third kappa shape index (κ3) is 2.22. The Bertz CT molecular complexity index is 399. The van der Waals surface area contributed by atoms with Crippen LogP contribution in [0.1, 0.15) is 42.9 Å². The van der Waals surface area contributed by atoms with E-state index < -0.39 is 0 Å². The number of ether oxygens (including phenoxy) is 1. The molecule has 0 radical (unpaired) electrons. The summed E-state index contributed by atoms with van der Waals surface area (Å²) >= 11 is 0. The van der Waals surface area contributed by atoms with Crippen molar-refractivity contribution in [2.24, 2.45) is 5.73 Å². The highest BCUT2D eigenvalue weighted by Crippen LogP contribution is 2.42. The average Bonchev–Trinajstić information content (AvgIpc) is 2.81. The van der Waals surface area contributed by atoms with Crippen molar-refractivity contribution >= 4 is 0 Å². The molecule has 3 heteroatoms. The summed E-state index contributed by atoms with van der Waals surface area (Å²) in [5.74, 6) is -0.231. The first-order valence-corrected chi connectivity index (χ1v) is 6.16. The Morgan fingerprint density at radius 3 is 2.59 bits per heavy atom. The molecule has 94 valence electrons. The molecule has 17 heavy (non-hydrogen) atoms. The molecular formula is C14H20FNO. The minimum Gasteiger partial charge on any atom is -0.376 e. The van der Waals surface area contributed by atoms with Crippen LogP contribution in [-0.4, -0.2) is 12.7 Å². The smallest absolute Gasteiger partial charge is 0.123 e. The van der Waals surface area contributed by atoms with Crippen molar-refractivity contribution in [2.45, 2.75) is 44.2 Å². The lowest BCUT2D eigenvalue weighted by Crippen LogP contribution is -2.40. The van der Waals surface area contributed by atoms with Gasteiger partial charge in [0.2, 0.25) is 0 Å². The normalized spacial score (nSPS) is 20.5. The lowest BCUT2D eigenvalue weighted by Gasteiger charge is -2.35. The lowest BCUT2D eigenvalue weighted by atomic mass is 9.85. The molecule has 0 heterocycles. The van der Waals surface area contributed by atoms with Crippen molar-refractivity contribution in [1.82, 2.24) is 0 Å². The maximum absolute atomic E-state index is 13.3. The van der Waals surface area contributed by atoms with E-state index in [-0.39, 0.29) is 17.5 Å². The second-order valence-electron chi connectivity index (χ2n) is 4.95. The van der Waals surface area contributed by atoms with Gasteiger partial charge >= 0.3 is 0 Å². The molecule has 1 fully saturated rings. The highest BCUT2D eigenvalue weighted by Gasteiger charge is 2.40. The predicted octanol–water partition coefficient (Wildman–Crippen LogP) is 3.09. The Balaban J connectivity index is 2.35. The van der Waals surface area contributed by atoms with Gasteiger partial charge in [0.15, 0.2) is 0 Å². The summed E-state index contributed by atoms with van der Waals surface area (Å²) in [4.78, 5) is 0. The van der Waals surface area contributed by atoms with E-state index in [0.29, 0.717) is 0 Å². The van der Waals surface area contributed by atoms with E-state index in [9.17, 15) is 4.39 Å². The number of hydrogen-bond donors (Lipinski definition) is 1. The van der Waals surface area contributed by atoms with Crippen LogP contribution in [0.25, 0.3) is 0 Å². The van der Waals surface area contributed by atoms with Gasteiger partial charge < -0.3 is 10.5 Å². The first-order valence-electron chi connectivity index (χ1n) is 6.16. The molecule has 1 aromatic rings. The van der Waals surface area contributed by atoms with Crippen molar-refractivity contribution in [3.05, 3.63) is 35.1 Å².